The SMILES string of the molecule is Cc1ccc(-c2noc(C)c2COc2cc3c(nn2)CN(C(=O)CF)CC3)cn1. The van der Waals surface area contributed by atoms with Crippen LogP contribution in [0, 0.1) is 13.8 Å². The normalized spacial score (nSPS) is 13.3. The predicted molar refractivity (Wildman–Crippen MR) is 101 cm³/mol. The first-order valence-corrected chi connectivity index (χ1v) is 9.25. The number of rotatable bonds is 5. The second kappa shape index (κ2) is 7.94. The van der Waals surface area contributed by atoms with Gasteiger partial charge >= 0.3 is 0 Å². The van der Waals surface area contributed by atoms with E-state index < -0.39 is 12.6 Å². The van der Waals surface area contributed by atoms with Gasteiger partial charge in [-0.1, -0.05) is 5.16 Å². The molecule has 0 fully saturated rings. The van der Waals surface area contributed by atoms with E-state index in [0.717, 1.165) is 22.4 Å². The van der Waals surface area contributed by atoms with Crippen LogP contribution < -0.4 is 4.74 Å². The number of aromatic nitrogens is 4. The lowest BCUT2D eigenvalue weighted by molar-refractivity contribution is -0.133. The molecule has 9 heteroatoms. The zero-order valence-electron chi connectivity index (χ0n) is 16.2. The summed E-state index contributed by atoms with van der Waals surface area (Å²) in [5.74, 6) is 0.508. The molecule has 150 valence electrons. The summed E-state index contributed by atoms with van der Waals surface area (Å²) in [5.41, 5.74) is 4.88. The smallest absolute Gasteiger partial charge is 0.254 e. The Balaban J connectivity index is 1.49. The summed E-state index contributed by atoms with van der Waals surface area (Å²) in [6, 6.07) is 5.66. The minimum Gasteiger partial charge on any atom is -0.471 e. The number of hydrogen-bond acceptors (Lipinski definition) is 7. The molecule has 0 bridgehead atoms. The Morgan fingerprint density at radius 2 is 2.17 bits per heavy atom. The lowest BCUT2D eigenvalue weighted by atomic mass is 10.1. The van der Waals surface area contributed by atoms with Crippen LogP contribution in [0.25, 0.3) is 11.3 Å². The average Bonchev–Trinajstić information content (AvgIpc) is 3.12. The monoisotopic (exact) mass is 397 g/mol. The van der Waals surface area contributed by atoms with Crippen molar-refractivity contribution in [1.29, 1.82) is 0 Å². The standard InChI is InChI=1S/C20H20FN5O3/c1-12-3-4-15(9-22-12)20-16(13(2)29-25-20)11-28-18-7-14-5-6-26(19(27)8-21)10-17(14)23-24-18/h3-4,7,9H,5-6,8,10-11H2,1-2H3. The molecular formula is C20H20FN5O3. The molecule has 1 aliphatic rings. The van der Waals surface area contributed by atoms with Gasteiger partial charge in [0.1, 0.15) is 18.1 Å². The second-order valence-corrected chi connectivity index (χ2v) is 6.90. The van der Waals surface area contributed by atoms with Gasteiger partial charge in [0.05, 0.1) is 17.8 Å². The first-order valence-electron chi connectivity index (χ1n) is 9.25. The van der Waals surface area contributed by atoms with Crippen molar-refractivity contribution in [2.24, 2.45) is 0 Å². The number of halogens is 1. The zero-order valence-corrected chi connectivity index (χ0v) is 16.2. The summed E-state index contributed by atoms with van der Waals surface area (Å²) in [7, 11) is 0. The number of pyridine rings is 1. The van der Waals surface area contributed by atoms with Crippen LogP contribution in [0.5, 0.6) is 5.88 Å². The van der Waals surface area contributed by atoms with Crippen LogP contribution in [0.3, 0.4) is 0 Å². The molecule has 0 unspecified atom stereocenters. The van der Waals surface area contributed by atoms with Crippen LogP contribution in [0.4, 0.5) is 4.39 Å². The van der Waals surface area contributed by atoms with Crippen molar-refractivity contribution in [3.63, 3.8) is 0 Å². The molecule has 0 saturated carbocycles. The topological polar surface area (TPSA) is 94.2 Å². The first kappa shape index (κ1) is 19.0. The van der Waals surface area contributed by atoms with E-state index in [1.165, 1.54) is 4.90 Å². The van der Waals surface area contributed by atoms with Crippen molar-refractivity contribution < 1.29 is 18.4 Å². The van der Waals surface area contributed by atoms with E-state index in [0.29, 0.717) is 36.0 Å². The highest BCUT2D eigenvalue weighted by molar-refractivity contribution is 5.77. The third-order valence-electron chi connectivity index (χ3n) is 4.93. The predicted octanol–water partition coefficient (Wildman–Crippen LogP) is 2.58. The van der Waals surface area contributed by atoms with Crippen LogP contribution >= 0.6 is 0 Å². The molecule has 0 radical (unpaired) electrons. The Labute approximate surface area is 166 Å². The second-order valence-electron chi connectivity index (χ2n) is 6.90. The molecule has 4 heterocycles. The van der Waals surface area contributed by atoms with Gasteiger partial charge in [0.15, 0.2) is 6.67 Å². The van der Waals surface area contributed by atoms with Crippen molar-refractivity contribution in [1.82, 2.24) is 25.2 Å². The maximum absolute atomic E-state index is 12.6. The van der Waals surface area contributed by atoms with E-state index >= 15 is 0 Å². The average molecular weight is 397 g/mol. The van der Waals surface area contributed by atoms with Gasteiger partial charge in [-0.05, 0) is 38.0 Å². The molecule has 0 atom stereocenters. The first-order chi connectivity index (χ1) is 14.0. The van der Waals surface area contributed by atoms with Gasteiger partial charge in [0, 0.05) is 30.1 Å². The summed E-state index contributed by atoms with van der Waals surface area (Å²) in [6.07, 6.45) is 2.33. The van der Waals surface area contributed by atoms with E-state index in [4.69, 9.17) is 9.26 Å². The Hall–Kier alpha value is -3.36. The van der Waals surface area contributed by atoms with Crippen LogP contribution in [-0.4, -0.2) is 44.4 Å². The van der Waals surface area contributed by atoms with Crippen molar-refractivity contribution in [2.45, 2.75) is 33.4 Å². The third kappa shape index (κ3) is 3.94. The van der Waals surface area contributed by atoms with Crippen molar-refractivity contribution >= 4 is 5.91 Å². The Morgan fingerprint density at radius 1 is 1.31 bits per heavy atom. The summed E-state index contributed by atoms with van der Waals surface area (Å²) >= 11 is 0. The number of fused-ring (bicyclic) bond motifs is 1. The van der Waals surface area contributed by atoms with E-state index in [2.05, 4.69) is 20.3 Å². The largest absolute Gasteiger partial charge is 0.471 e. The van der Waals surface area contributed by atoms with E-state index in [-0.39, 0.29) is 13.2 Å². The van der Waals surface area contributed by atoms with Crippen molar-refractivity contribution in [2.75, 3.05) is 13.2 Å². The van der Waals surface area contributed by atoms with Crippen LogP contribution in [-0.2, 0) is 24.4 Å². The molecule has 1 aliphatic heterocycles. The molecule has 3 aromatic heterocycles. The summed E-state index contributed by atoms with van der Waals surface area (Å²) in [6.45, 7) is 3.69. The zero-order chi connectivity index (χ0) is 20.4. The molecular weight excluding hydrogens is 377 g/mol. The molecule has 0 saturated heterocycles. The molecule has 1 amide bonds. The van der Waals surface area contributed by atoms with Gasteiger partial charge in [0.25, 0.3) is 5.91 Å². The maximum Gasteiger partial charge on any atom is 0.254 e. The quantitative estimate of drug-likeness (QED) is 0.653. The highest BCUT2D eigenvalue weighted by Crippen LogP contribution is 2.27. The molecule has 0 aliphatic carbocycles. The van der Waals surface area contributed by atoms with Gasteiger partial charge in [-0.25, -0.2) is 4.39 Å². The van der Waals surface area contributed by atoms with Gasteiger partial charge < -0.3 is 14.2 Å². The van der Waals surface area contributed by atoms with E-state index in [9.17, 15) is 9.18 Å². The number of carbonyl (C=O) groups is 1. The number of alkyl halides is 1. The molecule has 29 heavy (non-hydrogen) atoms. The lowest BCUT2D eigenvalue weighted by Crippen LogP contribution is -2.37. The Kier molecular flexibility index (Phi) is 5.20. The summed E-state index contributed by atoms with van der Waals surface area (Å²) in [4.78, 5) is 17.3. The minimum absolute atomic E-state index is 0.221. The molecule has 0 spiro atoms. The third-order valence-corrected chi connectivity index (χ3v) is 4.93. The number of aryl methyl sites for hydroxylation is 2. The van der Waals surface area contributed by atoms with Gasteiger partial charge in [0.2, 0.25) is 5.88 Å². The fraction of sp³-hybridized carbons (Fsp3) is 0.350. The number of amides is 1. The van der Waals surface area contributed by atoms with Gasteiger partial charge in [-0.3, -0.25) is 9.78 Å². The number of carbonyl (C=O) groups excluding carboxylic acids is 1. The highest BCUT2D eigenvalue weighted by atomic mass is 19.1. The van der Waals surface area contributed by atoms with Crippen molar-refractivity contribution in [3.8, 4) is 17.1 Å². The molecule has 0 aromatic carbocycles. The molecule has 0 N–H and O–H groups in total. The fourth-order valence-corrected chi connectivity index (χ4v) is 3.21. The lowest BCUT2D eigenvalue weighted by Gasteiger charge is -2.26. The highest BCUT2D eigenvalue weighted by Gasteiger charge is 2.23. The van der Waals surface area contributed by atoms with Gasteiger partial charge in [-0.15, -0.1) is 10.2 Å². The molecule has 3 aromatic rings. The number of nitrogens with zero attached hydrogens (tertiary/aromatic N) is 5. The Bertz CT molecular complexity index is 1040. The van der Waals surface area contributed by atoms with E-state index in [1.54, 1.807) is 6.20 Å². The van der Waals surface area contributed by atoms with Gasteiger partial charge in [-0.2, -0.15) is 0 Å². The molecule has 4 rings (SSSR count). The maximum atomic E-state index is 12.6. The number of ether oxygens (including phenoxy) is 1. The summed E-state index contributed by atoms with van der Waals surface area (Å²) < 4.78 is 23.8. The van der Waals surface area contributed by atoms with Crippen molar-refractivity contribution in [3.05, 3.63) is 52.7 Å². The Morgan fingerprint density at radius 3 is 2.93 bits per heavy atom. The minimum atomic E-state index is -0.999. The number of hydrogen-bond donors (Lipinski definition) is 0. The molecule has 8 nitrogen and oxygen atoms in total. The van der Waals surface area contributed by atoms with E-state index in [1.807, 2.05) is 32.0 Å². The van der Waals surface area contributed by atoms with Crippen LogP contribution in [0.2, 0.25) is 0 Å². The fourth-order valence-electron chi connectivity index (χ4n) is 3.21. The van der Waals surface area contributed by atoms with Crippen LogP contribution in [0.1, 0.15) is 28.3 Å². The summed E-state index contributed by atoms with van der Waals surface area (Å²) in [5, 5.41) is 12.4. The van der Waals surface area contributed by atoms with Crippen LogP contribution in [0.15, 0.2) is 28.9 Å².